The van der Waals surface area contributed by atoms with E-state index in [0.29, 0.717) is 25.1 Å². The van der Waals surface area contributed by atoms with Crippen LogP contribution in [0.25, 0.3) is 10.9 Å². The number of aliphatic hydroxyl groups excluding tert-OH is 2. The van der Waals surface area contributed by atoms with Crippen LogP contribution in [0, 0.1) is 12.7 Å². The molecule has 0 bridgehead atoms. The largest absolute Gasteiger partial charge is 0.493 e. The van der Waals surface area contributed by atoms with Gasteiger partial charge >= 0.3 is 6.09 Å². The zero-order chi connectivity index (χ0) is 25.9. The summed E-state index contributed by atoms with van der Waals surface area (Å²) in [5, 5.41) is 19.6. The quantitative estimate of drug-likeness (QED) is 0.333. The van der Waals surface area contributed by atoms with Gasteiger partial charge in [0.05, 0.1) is 19.3 Å². The molecule has 192 valence electrons. The van der Waals surface area contributed by atoms with E-state index in [-0.39, 0.29) is 19.0 Å². The minimum absolute atomic E-state index is 0.270. The first-order chi connectivity index (χ1) is 17.9. The van der Waals surface area contributed by atoms with Crippen molar-refractivity contribution >= 4 is 17.0 Å². The van der Waals surface area contributed by atoms with Crippen LogP contribution in [-0.4, -0.2) is 52.1 Å². The second-order valence-electron chi connectivity index (χ2n) is 9.28. The highest BCUT2D eigenvalue weighted by molar-refractivity contribution is 5.87. The van der Waals surface area contributed by atoms with Crippen LogP contribution in [0.5, 0.6) is 11.5 Å². The Morgan fingerprint density at radius 2 is 1.84 bits per heavy atom. The van der Waals surface area contributed by atoms with Crippen LogP contribution in [0.3, 0.4) is 0 Å². The maximum Gasteiger partial charge on any atom is 0.416 e. The molecule has 1 aromatic heterocycles. The minimum atomic E-state index is -0.814. The predicted octanol–water partition coefficient (Wildman–Crippen LogP) is 4.88. The number of nitrogens with zero attached hydrogens (tertiary/aromatic N) is 1. The smallest absolute Gasteiger partial charge is 0.416 e. The number of halogens is 1. The number of aromatic nitrogens is 1. The number of aryl methyl sites for hydroxylation is 1. The van der Waals surface area contributed by atoms with Crippen LogP contribution in [0.2, 0.25) is 0 Å². The number of ether oxygens (including phenoxy) is 2. The Hall–Kier alpha value is -3.88. The van der Waals surface area contributed by atoms with E-state index in [4.69, 9.17) is 14.6 Å². The fourth-order valence-corrected chi connectivity index (χ4v) is 4.76. The molecule has 1 amide bonds. The first-order valence-corrected chi connectivity index (χ1v) is 12.3. The van der Waals surface area contributed by atoms with Crippen LogP contribution in [0.4, 0.5) is 9.18 Å². The van der Waals surface area contributed by atoms with Crippen molar-refractivity contribution in [1.29, 1.82) is 0 Å². The van der Waals surface area contributed by atoms with E-state index in [2.05, 4.69) is 30.1 Å². The molecule has 0 radical (unpaired) electrons. The van der Waals surface area contributed by atoms with E-state index in [1.54, 1.807) is 4.90 Å². The first kappa shape index (κ1) is 24.8. The molecule has 7 nitrogen and oxygen atoms in total. The third-order valence-corrected chi connectivity index (χ3v) is 6.66. The number of aliphatic hydroxyl groups is 2. The first-order valence-electron chi connectivity index (χ1n) is 12.3. The summed E-state index contributed by atoms with van der Waals surface area (Å²) in [5.74, 6) is 0.497. The average molecular weight is 505 g/mol. The lowest BCUT2D eigenvalue weighted by atomic mass is 9.92. The number of amides is 1. The average Bonchev–Trinajstić information content (AvgIpc) is 3.27. The standard InChI is InChI=1S/C29H29FN2O5/c1-18-2-11-26-25(16-18)24-12-14-32(29(35)37-23-9-5-20(30)6-10-23)28(27(24)31-26)19-3-7-22(8-4-19)36-15-13-21(34)17-33/h2-11,16,21,28,31,33-34H,12-15,17H2,1H3. The summed E-state index contributed by atoms with van der Waals surface area (Å²) in [6.45, 7) is 2.48. The van der Waals surface area contributed by atoms with Gasteiger partial charge in [-0.15, -0.1) is 0 Å². The van der Waals surface area contributed by atoms with Gasteiger partial charge in [-0.2, -0.15) is 0 Å². The summed E-state index contributed by atoms with van der Waals surface area (Å²) in [4.78, 5) is 18.6. The zero-order valence-corrected chi connectivity index (χ0v) is 20.5. The van der Waals surface area contributed by atoms with Gasteiger partial charge in [0.15, 0.2) is 0 Å². The van der Waals surface area contributed by atoms with Crippen LogP contribution >= 0.6 is 0 Å². The summed E-state index contributed by atoms with van der Waals surface area (Å²) in [7, 11) is 0. The SMILES string of the molecule is Cc1ccc2[nH]c3c(c2c1)CCN(C(=O)Oc1ccc(F)cc1)C3c1ccc(OCCC(O)CO)cc1. The topological polar surface area (TPSA) is 95.0 Å². The third kappa shape index (κ3) is 5.30. The second kappa shape index (κ2) is 10.6. The fourth-order valence-electron chi connectivity index (χ4n) is 4.76. The van der Waals surface area contributed by atoms with Gasteiger partial charge in [-0.05, 0) is 73.0 Å². The number of hydrogen-bond donors (Lipinski definition) is 3. The molecule has 2 atom stereocenters. The van der Waals surface area contributed by atoms with Crippen molar-refractivity contribution in [2.45, 2.75) is 31.9 Å². The molecule has 2 unspecified atom stereocenters. The van der Waals surface area contributed by atoms with Gasteiger partial charge in [0.25, 0.3) is 0 Å². The number of hydrogen-bond acceptors (Lipinski definition) is 5. The third-order valence-electron chi connectivity index (χ3n) is 6.66. The molecule has 1 aliphatic rings. The van der Waals surface area contributed by atoms with Crippen molar-refractivity contribution in [2.75, 3.05) is 19.8 Å². The summed E-state index contributed by atoms with van der Waals surface area (Å²) in [5.41, 5.74) is 5.16. The molecule has 0 spiro atoms. The number of benzene rings is 3. The highest BCUT2D eigenvalue weighted by Crippen LogP contribution is 2.39. The summed E-state index contributed by atoms with van der Waals surface area (Å²) in [6.07, 6.45) is -0.342. The van der Waals surface area contributed by atoms with E-state index in [9.17, 15) is 14.3 Å². The molecule has 4 aromatic rings. The molecule has 5 rings (SSSR count). The number of H-pyrrole nitrogens is 1. The van der Waals surface area contributed by atoms with Crippen LogP contribution in [-0.2, 0) is 6.42 Å². The lowest BCUT2D eigenvalue weighted by molar-refractivity contribution is 0.0754. The molecule has 0 fully saturated rings. The van der Waals surface area contributed by atoms with Crippen molar-refractivity contribution in [3.63, 3.8) is 0 Å². The Balaban J connectivity index is 1.46. The monoisotopic (exact) mass is 504 g/mol. The van der Waals surface area contributed by atoms with Crippen molar-refractivity contribution in [2.24, 2.45) is 0 Å². The highest BCUT2D eigenvalue weighted by atomic mass is 19.1. The normalized spacial score (nSPS) is 15.9. The van der Waals surface area contributed by atoms with Gasteiger partial charge in [-0.3, -0.25) is 4.90 Å². The number of rotatable bonds is 7. The number of fused-ring (bicyclic) bond motifs is 3. The maximum absolute atomic E-state index is 13.3. The molecule has 0 aliphatic carbocycles. The lowest BCUT2D eigenvalue weighted by Gasteiger charge is -2.35. The van der Waals surface area contributed by atoms with Crippen LogP contribution < -0.4 is 9.47 Å². The van der Waals surface area contributed by atoms with Gasteiger partial charge < -0.3 is 24.7 Å². The Morgan fingerprint density at radius 1 is 1.11 bits per heavy atom. The molecular formula is C29H29FN2O5. The van der Waals surface area contributed by atoms with Crippen LogP contribution in [0.1, 0.15) is 34.8 Å². The van der Waals surface area contributed by atoms with Gasteiger partial charge in [0, 0.05) is 29.6 Å². The Morgan fingerprint density at radius 3 is 2.57 bits per heavy atom. The predicted molar refractivity (Wildman–Crippen MR) is 137 cm³/mol. The van der Waals surface area contributed by atoms with E-state index in [1.807, 2.05) is 24.3 Å². The number of carbonyl (C=O) groups excluding carboxylic acids is 1. The molecular weight excluding hydrogens is 475 g/mol. The Kier molecular flexibility index (Phi) is 7.12. The molecule has 1 aliphatic heterocycles. The molecule has 8 heteroatoms. The molecule has 37 heavy (non-hydrogen) atoms. The second-order valence-corrected chi connectivity index (χ2v) is 9.28. The molecule has 3 aromatic carbocycles. The van der Waals surface area contributed by atoms with Crippen LogP contribution in [0.15, 0.2) is 66.7 Å². The van der Waals surface area contributed by atoms with Crippen molar-refractivity contribution < 1.29 is 28.9 Å². The van der Waals surface area contributed by atoms with E-state index in [1.165, 1.54) is 29.8 Å². The van der Waals surface area contributed by atoms with Gasteiger partial charge in [-0.1, -0.05) is 23.8 Å². The maximum atomic E-state index is 13.3. The van der Waals surface area contributed by atoms with Gasteiger partial charge in [0.2, 0.25) is 0 Å². The summed E-state index contributed by atoms with van der Waals surface area (Å²) < 4.78 is 24.7. The number of carbonyl (C=O) groups is 1. The minimum Gasteiger partial charge on any atom is -0.493 e. The van der Waals surface area contributed by atoms with E-state index < -0.39 is 24.1 Å². The fraction of sp³-hybridized carbons (Fsp3) is 0.276. The number of nitrogens with one attached hydrogen (secondary N) is 1. The molecule has 2 heterocycles. The molecule has 0 saturated heterocycles. The molecule has 0 saturated carbocycles. The van der Waals surface area contributed by atoms with E-state index in [0.717, 1.165) is 27.7 Å². The molecule has 3 N–H and O–H groups in total. The Bertz CT molecular complexity index is 1380. The number of aromatic amines is 1. The van der Waals surface area contributed by atoms with Crippen molar-refractivity contribution in [1.82, 2.24) is 9.88 Å². The summed E-state index contributed by atoms with van der Waals surface area (Å²) in [6, 6.07) is 18.7. The van der Waals surface area contributed by atoms with Crippen molar-refractivity contribution in [3.05, 3.63) is 94.9 Å². The lowest BCUT2D eigenvalue weighted by Crippen LogP contribution is -2.42. The van der Waals surface area contributed by atoms with Gasteiger partial charge in [-0.25, -0.2) is 9.18 Å². The highest BCUT2D eigenvalue weighted by Gasteiger charge is 2.35. The summed E-state index contributed by atoms with van der Waals surface area (Å²) >= 11 is 0. The van der Waals surface area contributed by atoms with E-state index >= 15 is 0 Å². The zero-order valence-electron chi connectivity index (χ0n) is 20.5. The Labute approximate surface area is 214 Å². The van der Waals surface area contributed by atoms with Gasteiger partial charge in [0.1, 0.15) is 23.4 Å². The van der Waals surface area contributed by atoms with Crippen molar-refractivity contribution in [3.8, 4) is 11.5 Å².